The summed E-state index contributed by atoms with van der Waals surface area (Å²) in [6.45, 7) is 0.121. The van der Waals surface area contributed by atoms with Crippen LogP contribution in [0, 0.1) is 10.1 Å². The van der Waals surface area contributed by atoms with Gasteiger partial charge in [0.05, 0.1) is 9.95 Å². The van der Waals surface area contributed by atoms with Crippen molar-refractivity contribution in [1.82, 2.24) is 0 Å². The molecule has 0 heterocycles. The molecule has 0 saturated heterocycles. The van der Waals surface area contributed by atoms with Gasteiger partial charge in [-0.1, -0.05) is 40.9 Å². The number of non-ortho nitro benzene ring substituents is 1. The molecule has 0 radical (unpaired) electrons. The largest absolute Gasteiger partial charge is 0.487 e. The molecule has 20 heavy (non-hydrogen) atoms. The lowest BCUT2D eigenvalue weighted by Gasteiger charge is -2.10. The third-order valence-corrected chi connectivity index (χ3v) is 3.56. The van der Waals surface area contributed by atoms with Crippen molar-refractivity contribution in [2.45, 2.75) is 6.61 Å². The van der Waals surface area contributed by atoms with E-state index in [1.54, 1.807) is 18.2 Å². The number of rotatable bonds is 4. The first-order chi connectivity index (χ1) is 9.49. The molecule has 7 heteroatoms. The molecular weight excluding hydrogens is 325 g/mol. The van der Waals surface area contributed by atoms with Gasteiger partial charge in [-0.3, -0.25) is 10.1 Å². The van der Waals surface area contributed by atoms with Gasteiger partial charge in [-0.2, -0.15) is 0 Å². The number of nitrogens with zero attached hydrogens (tertiary/aromatic N) is 1. The van der Waals surface area contributed by atoms with E-state index in [9.17, 15) is 10.1 Å². The Bertz CT molecular complexity index is 641. The van der Waals surface area contributed by atoms with Gasteiger partial charge in [0, 0.05) is 27.7 Å². The lowest BCUT2D eigenvalue weighted by atomic mass is 10.2. The highest BCUT2D eigenvalue weighted by atomic mass is 35.5. The van der Waals surface area contributed by atoms with Crippen LogP contribution < -0.4 is 4.74 Å². The second-order valence-corrected chi connectivity index (χ2v) is 5.08. The summed E-state index contributed by atoms with van der Waals surface area (Å²) in [5.41, 5.74) is 0.531. The fourth-order valence-corrected chi connectivity index (χ4v) is 2.28. The highest BCUT2D eigenvalue weighted by molar-refractivity contribution is 6.36. The summed E-state index contributed by atoms with van der Waals surface area (Å²) in [5, 5.41) is 11.7. The third-order valence-electron chi connectivity index (χ3n) is 2.56. The van der Waals surface area contributed by atoms with E-state index in [-0.39, 0.29) is 17.3 Å². The summed E-state index contributed by atoms with van der Waals surface area (Å²) in [4.78, 5) is 10.1. The van der Waals surface area contributed by atoms with Crippen molar-refractivity contribution in [3.05, 3.63) is 67.1 Å². The molecule has 2 rings (SSSR count). The van der Waals surface area contributed by atoms with Crippen LogP contribution in [0.4, 0.5) is 5.69 Å². The fourth-order valence-electron chi connectivity index (χ4n) is 1.54. The first-order valence-corrected chi connectivity index (χ1v) is 6.62. The molecule has 104 valence electrons. The molecule has 0 aliphatic carbocycles. The second-order valence-electron chi connectivity index (χ2n) is 3.86. The van der Waals surface area contributed by atoms with Crippen LogP contribution >= 0.6 is 34.8 Å². The Morgan fingerprint density at radius 1 is 1.05 bits per heavy atom. The molecule has 0 saturated carbocycles. The average molecular weight is 333 g/mol. The van der Waals surface area contributed by atoms with Gasteiger partial charge in [0.1, 0.15) is 12.4 Å². The smallest absolute Gasteiger partial charge is 0.271 e. The number of hydrogen-bond acceptors (Lipinski definition) is 3. The van der Waals surface area contributed by atoms with Crippen LogP contribution in [0.25, 0.3) is 0 Å². The van der Waals surface area contributed by atoms with Crippen LogP contribution in [0.15, 0.2) is 36.4 Å². The van der Waals surface area contributed by atoms with E-state index < -0.39 is 4.92 Å². The molecule has 0 spiro atoms. The normalized spacial score (nSPS) is 10.3. The van der Waals surface area contributed by atoms with Crippen molar-refractivity contribution < 1.29 is 9.66 Å². The number of benzene rings is 2. The van der Waals surface area contributed by atoms with Crippen molar-refractivity contribution in [3.63, 3.8) is 0 Å². The predicted octanol–water partition coefficient (Wildman–Crippen LogP) is 5.13. The van der Waals surface area contributed by atoms with Gasteiger partial charge in [0.15, 0.2) is 0 Å². The first kappa shape index (κ1) is 14.9. The van der Waals surface area contributed by atoms with Crippen LogP contribution in [-0.2, 0) is 6.61 Å². The topological polar surface area (TPSA) is 52.4 Å². The van der Waals surface area contributed by atoms with Crippen molar-refractivity contribution in [3.8, 4) is 5.75 Å². The molecule has 0 bridgehead atoms. The SMILES string of the molecule is O=[N+]([O-])c1ccc(OCc2c(Cl)cccc2Cl)c(Cl)c1. The molecule has 4 nitrogen and oxygen atoms in total. The monoisotopic (exact) mass is 331 g/mol. The number of hydrogen-bond donors (Lipinski definition) is 0. The number of ether oxygens (including phenoxy) is 1. The lowest BCUT2D eigenvalue weighted by molar-refractivity contribution is -0.384. The zero-order valence-electron chi connectivity index (χ0n) is 9.98. The van der Waals surface area contributed by atoms with Crippen LogP contribution in [0.3, 0.4) is 0 Å². The number of nitro groups is 1. The molecule has 0 N–H and O–H groups in total. The molecular formula is C13H8Cl3NO3. The van der Waals surface area contributed by atoms with Gasteiger partial charge < -0.3 is 4.74 Å². The summed E-state index contributed by atoms with van der Waals surface area (Å²) in [5.74, 6) is 0.327. The maximum atomic E-state index is 10.6. The molecule has 0 aromatic heterocycles. The Labute approximate surface area is 130 Å². The standard InChI is InChI=1S/C13H8Cl3NO3/c14-10-2-1-3-11(15)9(10)7-20-13-5-4-8(17(18)19)6-12(13)16/h1-6H,7H2. The zero-order valence-corrected chi connectivity index (χ0v) is 12.2. The molecule has 0 aliphatic heterocycles. The Balaban J connectivity index is 2.17. The van der Waals surface area contributed by atoms with E-state index >= 15 is 0 Å². The minimum atomic E-state index is -0.527. The minimum absolute atomic E-state index is 0.0990. The summed E-state index contributed by atoms with van der Waals surface area (Å²) < 4.78 is 5.50. The van der Waals surface area contributed by atoms with Crippen molar-refractivity contribution >= 4 is 40.5 Å². The van der Waals surface area contributed by atoms with Gasteiger partial charge in [0.25, 0.3) is 5.69 Å². The van der Waals surface area contributed by atoms with Crippen molar-refractivity contribution in [1.29, 1.82) is 0 Å². The van der Waals surface area contributed by atoms with Gasteiger partial charge in [0.2, 0.25) is 0 Å². The minimum Gasteiger partial charge on any atom is -0.487 e. The van der Waals surface area contributed by atoms with E-state index in [4.69, 9.17) is 39.5 Å². The molecule has 0 atom stereocenters. The quantitative estimate of drug-likeness (QED) is 0.576. The summed E-state index contributed by atoms with van der Waals surface area (Å²) in [7, 11) is 0. The van der Waals surface area contributed by atoms with Gasteiger partial charge in [-0.25, -0.2) is 0 Å². The molecule has 0 amide bonds. The molecule has 2 aromatic rings. The van der Waals surface area contributed by atoms with Crippen LogP contribution in [0.2, 0.25) is 15.1 Å². The van der Waals surface area contributed by atoms with Gasteiger partial charge in [-0.05, 0) is 18.2 Å². The highest BCUT2D eigenvalue weighted by Gasteiger charge is 2.12. The molecule has 2 aromatic carbocycles. The third kappa shape index (κ3) is 3.33. The molecule has 0 unspecified atom stereocenters. The van der Waals surface area contributed by atoms with E-state index in [1.165, 1.54) is 18.2 Å². The number of halogens is 3. The van der Waals surface area contributed by atoms with Gasteiger partial charge >= 0.3 is 0 Å². The summed E-state index contributed by atoms with van der Waals surface area (Å²) in [6, 6.07) is 9.10. The summed E-state index contributed by atoms with van der Waals surface area (Å²) in [6.07, 6.45) is 0. The maximum Gasteiger partial charge on any atom is 0.271 e. The van der Waals surface area contributed by atoms with Crippen molar-refractivity contribution in [2.24, 2.45) is 0 Å². The summed E-state index contributed by atoms with van der Waals surface area (Å²) >= 11 is 18.0. The average Bonchev–Trinajstić information content (AvgIpc) is 2.39. The maximum absolute atomic E-state index is 10.6. The van der Waals surface area contributed by atoms with Gasteiger partial charge in [-0.15, -0.1) is 0 Å². The van der Waals surface area contributed by atoms with Crippen LogP contribution in [0.5, 0.6) is 5.75 Å². The Kier molecular flexibility index (Phi) is 4.70. The van der Waals surface area contributed by atoms with E-state index in [0.29, 0.717) is 21.4 Å². The van der Waals surface area contributed by atoms with E-state index in [1.807, 2.05) is 0 Å². The molecule has 0 aliphatic rings. The Morgan fingerprint density at radius 3 is 2.25 bits per heavy atom. The highest BCUT2D eigenvalue weighted by Crippen LogP contribution is 2.31. The lowest BCUT2D eigenvalue weighted by Crippen LogP contribution is -1.98. The predicted molar refractivity (Wildman–Crippen MR) is 78.9 cm³/mol. The zero-order chi connectivity index (χ0) is 14.7. The van der Waals surface area contributed by atoms with E-state index in [0.717, 1.165) is 0 Å². The Hall–Kier alpha value is -1.49. The Morgan fingerprint density at radius 2 is 1.70 bits per heavy atom. The van der Waals surface area contributed by atoms with E-state index in [2.05, 4.69) is 0 Å². The van der Waals surface area contributed by atoms with Crippen LogP contribution in [0.1, 0.15) is 5.56 Å². The van der Waals surface area contributed by atoms with Crippen LogP contribution in [-0.4, -0.2) is 4.92 Å². The first-order valence-electron chi connectivity index (χ1n) is 5.48. The fraction of sp³-hybridized carbons (Fsp3) is 0.0769. The van der Waals surface area contributed by atoms with Crippen molar-refractivity contribution in [2.75, 3.05) is 0 Å². The second kappa shape index (κ2) is 6.31. The number of nitro benzene ring substituents is 1. The molecule has 0 fully saturated rings.